The summed E-state index contributed by atoms with van der Waals surface area (Å²) in [5, 5.41) is 11.5. The number of carboxylic acid groups (broad SMARTS) is 1. The number of halogens is 1. The third kappa shape index (κ3) is 3.01. The normalized spacial score (nSPS) is 13.5. The SMILES string of the molecule is CNC(=O)C(C)(Cc1ccc(OC)cc1F)C(=O)O. The molecular formula is C13H16FNO4. The van der Waals surface area contributed by atoms with Gasteiger partial charge in [-0.3, -0.25) is 9.59 Å². The van der Waals surface area contributed by atoms with Gasteiger partial charge in [0.15, 0.2) is 0 Å². The van der Waals surface area contributed by atoms with E-state index in [4.69, 9.17) is 4.74 Å². The monoisotopic (exact) mass is 269 g/mol. The fourth-order valence-electron chi connectivity index (χ4n) is 1.71. The predicted octanol–water partition coefficient (Wildman–Crippen LogP) is 1.21. The second-order valence-corrected chi connectivity index (χ2v) is 4.35. The van der Waals surface area contributed by atoms with Gasteiger partial charge in [0.1, 0.15) is 17.0 Å². The highest BCUT2D eigenvalue weighted by Gasteiger charge is 2.41. The molecule has 1 amide bonds. The van der Waals surface area contributed by atoms with Gasteiger partial charge in [-0.15, -0.1) is 0 Å². The summed E-state index contributed by atoms with van der Waals surface area (Å²) in [6.45, 7) is 1.26. The minimum absolute atomic E-state index is 0.148. The summed E-state index contributed by atoms with van der Waals surface area (Å²) in [5.74, 6) is -2.24. The molecule has 1 atom stereocenters. The lowest BCUT2D eigenvalue weighted by atomic mass is 9.82. The van der Waals surface area contributed by atoms with Crippen LogP contribution in [0.3, 0.4) is 0 Å². The van der Waals surface area contributed by atoms with Crippen LogP contribution in [0.1, 0.15) is 12.5 Å². The van der Waals surface area contributed by atoms with Gasteiger partial charge in [0.05, 0.1) is 7.11 Å². The van der Waals surface area contributed by atoms with Crippen LogP contribution in [0.5, 0.6) is 5.75 Å². The lowest BCUT2D eigenvalue weighted by molar-refractivity contribution is -0.154. The molecule has 0 fully saturated rings. The van der Waals surface area contributed by atoms with Crippen molar-refractivity contribution in [3.8, 4) is 5.75 Å². The molecule has 0 spiro atoms. The van der Waals surface area contributed by atoms with Gasteiger partial charge in [0, 0.05) is 19.5 Å². The fourth-order valence-corrected chi connectivity index (χ4v) is 1.71. The van der Waals surface area contributed by atoms with E-state index < -0.39 is 23.1 Å². The van der Waals surface area contributed by atoms with Crippen molar-refractivity contribution in [3.63, 3.8) is 0 Å². The quantitative estimate of drug-likeness (QED) is 0.788. The average molecular weight is 269 g/mol. The van der Waals surface area contributed by atoms with Gasteiger partial charge in [0.25, 0.3) is 0 Å². The topological polar surface area (TPSA) is 75.6 Å². The maximum absolute atomic E-state index is 13.8. The second-order valence-electron chi connectivity index (χ2n) is 4.35. The molecule has 1 unspecified atom stereocenters. The maximum atomic E-state index is 13.8. The number of rotatable bonds is 5. The molecule has 6 heteroatoms. The summed E-state index contributed by atoms with van der Waals surface area (Å²) in [4.78, 5) is 22.9. The van der Waals surface area contributed by atoms with Gasteiger partial charge in [-0.05, 0) is 18.6 Å². The van der Waals surface area contributed by atoms with E-state index in [-0.39, 0.29) is 12.0 Å². The lowest BCUT2D eigenvalue weighted by Gasteiger charge is -2.23. The molecule has 104 valence electrons. The van der Waals surface area contributed by atoms with Crippen molar-refractivity contribution in [3.05, 3.63) is 29.6 Å². The van der Waals surface area contributed by atoms with E-state index in [2.05, 4.69) is 5.32 Å². The molecule has 1 rings (SSSR count). The Kier molecular flexibility index (Phi) is 4.47. The van der Waals surface area contributed by atoms with E-state index in [1.54, 1.807) is 0 Å². The number of carbonyl (C=O) groups is 2. The number of hydrogen-bond donors (Lipinski definition) is 2. The molecule has 19 heavy (non-hydrogen) atoms. The second kappa shape index (κ2) is 5.69. The van der Waals surface area contributed by atoms with Gasteiger partial charge in [0.2, 0.25) is 5.91 Å². The molecule has 5 nitrogen and oxygen atoms in total. The van der Waals surface area contributed by atoms with E-state index in [1.807, 2.05) is 0 Å². The van der Waals surface area contributed by atoms with Crippen LogP contribution in [-0.2, 0) is 16.0 Å². The molecule has 0 bridgehead atoms. The number of carboxylic acids is 1. The Bertz CT molecular complexity index is 503. The summed E-state index contributed by atoms with van der Waals surface area (Å²) in [7, 11) is 2.74. The maximum Gasteiger partial charge on any atom is 0.319 e. The van der Waals surface area contributed by atoms with Crippen LogP contribution in [0.25, 0.3) is 0 Å². The number of hydrogen-bond acceptors (Lipinski definition) is 3. The Labute approximate surface area is 110 Å². The largest absolute Gasteiger partial charge is 0.497 e. The molecule has 1 aromatic rings. The molecule has 2 N–H and O–H groups in total. The van der Waals surface area contributed by atoms with Crippen molar-refractivity contribution >= 4 is 11.9 Å². The Morgan fingerprint density at radius 2 is 2.11 bits per heavy atom. The van der Waals surface area contributed by atoms with Crippen LogP contribution in [0.15, 0.2) is 18.2 Å². The van der Waals surface area contributed by atoms with E-state index >= 15 is 0 Å². The van der Waals surface area contributed by atoms with Gasteiger partial charge >= 0.3 is 5.97 Å². The van der Waals surface area contributed by atoms with Gasteiger partial charge in [-0.1, -0.05) is 6.07 Å². The van der Waals surface area contributed by atoms with E-state index in [0.717, 1.165) is 6.07 Å². The summed E-state index contributed by atoms with van der Waals surface area (Å²) in [5.41, 5.74) is -1.57. The first-order valence-corrected chi connectivity index (χ1v) is 5.63. The summed E-state index contributed by atoms with van der Waals surface area (Å²) in [6.07, 6.45) is -0.238. The number of nitrogens with one attached hydrogen (secondary N) is 1. The standard InChI is InChI=1S/C13H16FNO4/c1-13(12(17)18,11(16)15-2)7-8-4-5-9(19-3)6-10(8)14/h4-6H,7H2,1-3H3,(H,15,16)(H,17,18). The molecule has 0 aliphatic carbocycles. The van der Waals surface area contributed by atoms with Crippen LogP contribution in [0.4, 0.5) is 4.39 Å². The van der Waals surface area contributed by atoms with Crippen LogP contribution >= 0.6 is 0 Å². The lowest BCUT2D eigenvalue weighted by Crippen LogP contribution is -2.44. The van der Waals surface area contributed by atoms with Crippen molar-refractivity contribution < 1.29 is 23.8 Å². The highest BCUT2D eigenvalue weighted by Crippen LogP contribution is 2.26. The summed E-state index contributed by atoms with van der Waals surface area (Å²) in [6, 6.07) is 4.09. The first kappa shape index (κ1) is 14.9. The predicted molar refractivity (Wildman–Crippen MR) is 66.5 cm³/mol. The smallest absolute Gasteiger partial charge is 0.319 e. The summed E-state index contributed by atoms with van der Waals surface area (Å²) >= 11 is 0. The zero-order valence-corrected chi connectivity index (χ0v) is 11.0. The number of carbonyl (C=O) groups excluding carboxylic acids is 1. The van der Waals surface area contributed by atoms with E-state index in [0.29, 0.717) is 5.75 Å². The Hall–Kier alpha value is -2.11. The molecule has 0 aromatic heterocycles. The first-order valence-electron chi connectivity index (χ1n) is 5.63. The van der Waals surface area contributed by atoms with Crippen molar-refractivity contribution in [1.82, 2.24) is 5.32 Å². The molecule has 0 aliphatic rings. The van der Waals surface area contributed by atoms with Crippen molar-refractivity contribution in [2.45, 2.75) is 13.3 Å². The third-order valence-corrected chi connectivity index (χ3v) is 3.00. The molecular weight excluding hydrogens is 253 g/mol. The fraction of sp³-hybridized carbons (Fsp3) is 0.385. The zero-order valence-electron chi connectivity index (χ0n) is 11.0. The van der Waals surface area contributed by atoms with Crippen LogP contribution in [-0.4, -0.2) is 31.1 Å². The molecule has 0 saturated heterocycles. The van der Waals surface area contributed by atoms with E-state index in [1.165, 1.54) is 33.2 Å². The molecule has 0 aliphatic heterocycles. The minimum atomic E-state index is -1.72. The minimum Gasteiger partial charge on any atom is -0.497 e. The van der Waals surface area contributed by atoms with Crippen molar-refractivity contribution in [2.24, 2.45) is 5.41 Å². The zero-order chi connectivity index (χ0) is 14.6. The Morgan fingerprint density at radius 3 is 2.53 bits per heavy atom. The van der Waals surface area contributed by atoms with E-state index in [9.17, 15) is 19.1 Å². The third-order valence-electron chi connectivity index (χ3n) is 3.00. The Morgan fingerprint density at radius 1 is 1.47 bits per heavy atom. The van der Waals surface area contributed by atoms with Crippen molar-refractivity contribution in [2.75, 3.05) is 14.2 Å². The summed E-state index contributed by atoms with van der Waals surface area (Å²) < 4.78 is 18.7. The number of methoxy groups -OCH3 is 1. The van der Waals surface area contributed by atoms with Crippen molar-refractivity contribution in [1.29, 1.82) is 0 Å². The van der Waals surface area contributed by atoms with Gasteiger partial charge < -0.3 is 15.2 Å². The molecule has 0 radical (unpaired) electrons. The highest BCUT2D eigenvalue weighted by atomic mass is 19.1. The van der Waals surface area contributed by atoms with Gasteiger partial charge in [-0.2, -0.15) is 0 Å². The molecule has 0 heterocycles. The molecule has 1 aromatic carbocycles. The molecule has 0 saturated carbocycles. The first-order chi connectivity index (χ1) is 8.85. The number of benzene rings is 1. The van der Waals surface area contributed by atoms with Crippen LogP contribution in [0.2, 0.25) is 0 Å². The highest BCUT2D eigenvalue weighted by molar-refractivity contribution is 6.01. The Balaban J connectivity index is 3.11. The average Bonchev–Trinajstić information content (AvgIpc) is 2.39. The number of ether oxygens (including phenoxy) is 1. The van der Waals surface area contributed by atoms with Gasteiger partial charge in [-0.25, -0.2) is 4.39 Å². The van der Waals surface area contributed by atoms with Crippen LogP contribution < -0.4 is 10.1 Å². The van der Waals surface area contributed by atoms with Crippen LogP contribution in [0, 0.1) is 11.2 Å². The number of amides is 1. The number of aliphatic carboxylic acids is 1.